The van der Waals surface area contributed by atoms with Crippen molar-refractivity contribution in [2.75, 3.05) is 19.6 Å². The molecule has 0 aliphatic carbocycles. The third kappa shape index (κ3) is 4.95. The fourth-order valence-corrected chi connectivity index (χ4v) is 4.04. The molecular formula is C23H24BrN3O2. The normalized spacial score (nSPS) is 15.8. The zero-order valence-corrected chi connectivity index (χ0v) is 17.8. The van der Waals surface area contributed by atoms with E-state index in [1.54, 1.807) is 6.07 Å². The summed E-state index contributed by atoms with van der Waals surface area (Å²) < 4.78 is 6.37. The highest BCUT2D eigenvalue weighted by Crippen LogP contribution is 2.25. The monoisotopic (exact) mass is 453 g/mol. The van der Waals surface area contributed by atoms with Gasteiger partial charge in [0.05, 0.1) is 6.04 Å². The number of piperidine rings is 1. The first-order valence-corrected chi connectivity index (χ1v) is 10.8. The summed E-state index contributed by atoms with van der Waals surface area (Å²) in [5, 5.41) is 7.02. The van der Waals surface area contributed by atoms with Crippen molar-refractivity contribution in [3.8, 4) is 11.3 Å². The molecule has 0 radical (unpaired) electrons. The topological polar surface area (TPSA) is 58.4 Å². The Morgan fingerprint density at radius 3 is 2.52 bits per heavy atom. The Bertz CT molecular complexity index is 934. The number of benzene rings is 2. The van der Waals surface area contributed by atoms with Gasteiger partial charge in [-0.25, -0.2) is 0 Å². The van der Waals surface area contributed by atoms with E-state index >= 15 is 0 Å². The van der Waals surface area contributed by atoms with Crippen molar-refractivity contribution in [3.05, 3.63) is 76.4 Å². The van der Waals surface area contributed by atoms with Gasteiger partial charge >= 0.3 is 0 Å². The second-order valence-electron chi connectivity index (χ2n) is 7.32. The van der Waals surface area contributed by atoms with E-state index in [1.807, 2.05) is 30.3 Å². The minimum Gasteiger partial charge on any atom is -0.355 e. The van der Waals surface area contributed by atoms with Crippen LogP contribution in [0.15, 0.2) is 69.7 Å². The van der Waals surface area contributed by atoms with E-state index in [0.717, 1.165) is 23.1 Å². The number of carbonyl (C=O) groups is 1. The first-order valence-electron chi connectivity index (χ1n) is 10.0. The molecule has 150 valence electrons. The highest BCUT2D eigenvalue weighted by atomic mass is 79.9. The summed E-state index contributed by atoms with van der Waals surface area (Å²) in [6, 6.07) is 20.0. The van der Waals surface area contributed by atoms with Crippen molar-refractivity contribution in [2.24, 2.45) is 0 Å². The van der Waals surface area contributed by atoms with Crippen LogP contribution in [0.5, 0.6) is 0 Å². The number of likely N-dealkylation sites (tertiary alicyclic amines) is 1. The van der Waals surface area contributed by atoms with Gasteiger partial charge in [0.25, 0.3) is 5.91 Å². The van der Waals surface area contributed by atoms with Gasteiger partial charge in [0, 0.05) is 22.6 Å². The van der Waals surface area contributed by atoms with E-state index in [9.17, 15) is 4.79 Å². The van der Waals surface area contributed by atoms with Crippen LogP contribution in [-0.4, -0.2) is 35.6 Å². The lowest BCUT2D eigenvalue weighted by atomic mass is 10.0. The van der Waals surface area contributed by atoms with Crippen LogP contribution in [-0.2, 0) is 0 Å². The molecule has 0 bridgehead atoms. The SMILES string of the molecule is O=C(NC[C@@H](c1ccccc1)N1CCCCC1)c1cc(-c2ccc(Br)cc2)on1. The van der Waals surface area contributed by atoms with E-state index < -0.39 is 0 Å². The molecule has 1 fully saturated rings. The lowest BCUT2D eigenvalue weighted by Gasteiger charge is -2.35. The Balaban J connectivity index is 1.44. The van der Waals surface area contributed by atoms with Crippen LogP contribution >= 0.6 is 15.9 Å². The van der Waals surface area contributed by atoms with Gasteiger partial charge in [-0.05, 0) is 43.6 Å². The Morgan fingerprint density at radius 1 is 1.07 bits per heavy atom. The average molecular weight is 454 g/mol. The van der Waals surface area contributed by atoms with Gasteiger partial charge in [0.2, 0.25) is 0 Å². The minimum atomic E-state index is -0.213. The number of nitrogens with one attached hydrogen (secondary N) is 1. The molecule has 0 unspecified atom stereocenters. The Labute approximate surface area is 179 Å². The molecule has 4 rings (SSSR count). The molecule has 0 spiro atoms. The maximum absolute atomic E-state index is 12.7. The van der Waals surface area contributed by atoms with Crippen LogP contribution in [0, 0.1) is 0 Å². The van der Waals surface area contributed by atoms with Gasteiger partial charge in [-0.15, -0.1) is 0 Å². The molecule has 1 saturated heterocycles. The first kappa shape index (κ1) is 19.9. The summed E-state index contributed by atoms with van der Waals surface area (Å²) in [6.07, 6.45) is 3.69. The third-order valence-electron chi connectivity index (χ3n) is 5.34. The summed E-state index contributed by atoms with van der Waals surface area (Å²) in [6.45, 7) is 2.67. The van der Waals surface area contributed by atoms with Crippen LogP contribution in [0.2, 0.25) is 0 Å². The molecule has 1 aliphatic heterocycles. The Kier molecular flexibility index (Phi) is 6.42. The van der Waals surface area contributed by atoms with Crippen molar-refractivity contribution < 1.29 is 9.32 Å². The molecular weight excluding hydrogens is 430 g/mol. The number of rotatable bonds is 6. The molecule has 1 atom stereocenters. The minimum absolute atomic E-state index is 0.165. The lowest BCUT2D eigenvalue weighted by Crippen LogP contribution is -2.40. The maximum atomic E-state index is 12.7. The van der Waals surface area contributed by atoms with Gasteiger partial charge in [0.15, 0.2) is 11.5 Å². The van der Waals surface area contributed by atoms with E-state index in [1.165, 1.54) is 24.8 Å². The molecule has 2 aromatic carbocycles. The zero-order valence-electron chi connectivity index (χ0n) is 16.2. The number of hydrogen-bond acceptors (Lipinski definition) is 4. The first-order chi connectivity index (χ1) is 14.2. The predicted molar refractivity (Wildman–Crippen MR) is 117 cm³/mol. The Hall–Kier alpha value is -2.44. The van der Waals surface area contributed by atoms with Gasteiger partial charge in [0.1, 0.15) is 0 Å². The largest absolute Gasteiger partial charge is 0.355 e. The summed E-state index contributed by atoms with van der Waals surface area (Å²) in [7, 11) is 0. The van der Waals surface area contributed by atoms with Crippen LogP contribution in [0.25, 0.3) is 11.3 Å². The fourth-order valence-electron chi connectivity index (χ4n) is 3.78. The molecule has 5 nitrogen and oxygen atoms in total. The smallest absolute Gasteiger partial charge is 0.273 e. The predicted octanol–water partition coefficient (Wildman–Crippen LogP) is 5.06. The lowest BCUT2D eigenvalue weighted by molar-refractivity contribution is 0.0915. The van der Waals surface area contributed by atoms with E-state index in [2.05, 4.69) is 55.6 Å². The van der Waals surface area contributed by atoms with Crippen LogP contribution < -0.4 is 5.32 Å². The molecule has 0 saturated carbocycles. The molecule has 1 aliphatic rings. The van der Waals surface area contributed by atoms with Gasteiger partial charge in [-0.2, -0.15) is 0 Å². The van der Waals surface area contributed by atoms with Gasteiger partial charge in [-0.1, -0.05) is 70.0 Å². The maximum Gasteiger partial charge on any atom is 0.273 e. The molecule has 1 aromatic heterocycles. The fraction of sp³-hybridized carbons (Fsp3) is 0.304. The Morgan fingerprint density at radius 2 is 1.79 bits per heavy atom. The van der Waals surface area contributed by atoms with Gasteiger partial charge < -0.3 is 9.84 Å². The molecule has 29 heavy (non-hydrogen) atoms. The van der Waals surface area contributed by atoms with Crippen molar-refractivity contribution in [3.63, 3.8) is 0 Å². The van der Waals surface area contributed by atoms with Crippen LogP contribution in [0.4, 0.5) is 0 Å². The average Bonchev–Trinajstić information content (AvgIpc) is 3.26. The standard InChI is InChI=1S/C23H24BrN3O2/c24-19-11-9-18(10-12-19)22-15-20(26-29-22)23(28)25-16-21(17-7-3-1-4-8-17)27-13-5-2-6-14-27/h1,3-4,7-12,15,21H,2,5-6,13-14,16H2,(H,25,28)/t21-/m0/s1. The number of amides is 1. The highest BCUT2D eigenvalue weighted by molar-refractivity contribution is 9.10. The number of aromatic nitrogens is 1. The van der Waals surface area contributed by atoms with E-state index in [-0.39, 0.29) is 11.9 Å². The second-order valence-corrected chi connectivity index (χ2v) is 8.23. The summed E-state index contributed by atoms with van der Waals surface area (Å²) in [5.74, 6) is 0.369. The van der Waals surface area contributed by atoms with E-state index in [0.29, 0.717) is 18.0 Å². The number of nitrogens with zero attached hydrogens (tertiary/aromatic N) is 2. The van der Waals surface area contributed by atoms with Crippen LogP contribution in [0.1, 0.15) is 41.4 Å². The zero-order chi connectivity index (χ0) is 20.1. The second kappa shape index (κ2) is 9.37. The molecule has 3 aromatic rings. The van der Waals surface area contributed by atoms with Crippen molar-refractivity contribution >= 4 is 21.8 Å². The van der Waals surface area contributed by atoms with Crippen molar-refractivity contribution in [1.82, 2.24) is 15.4 Å². The quantitative estimate of drug-likeness (QED) is 0.566. The summed E-state index contributed by atoms with van der Waals surface area (Å²) >= 11 is 3.42. The van der Waals surface area contributed by atoms with Crippen molar-refractivity contribution in [1.29, 1.82) is 0 Å². The summed E-state index contributed by atoms with van der Waals surface area (Å²) in [5.41, 5.74) is 2.41. The number of halogens is 1. The van der Waals surface area contributed by atoms with Gasteiger partial charge in [-0.3, -0.25) is 9.69 Å². The van der Waals surface area contributed by atoms with Crippen LogP contribution in [0.3, 0.4) is 0 Å². The molecule has 2 heterocycles. The molecule has 6 heteroatoms. The summed E-state index contributed by atoms with van der Waals surface area (Å²) in [4.78, 5) is 15.2. The van der Waals surface area contributed by atoms with Crippen molar-refractivity contribution in [2.45, 2.75) is 25.3 Å². The van der Waals surface area contributed by atoms with E-state index in [4.69, 9.17) is 4.52 Å². The number of hydrogen-bond donors (Lipinski definition) is 1. The highest BCUT2D eigenvalue weighted by Gasteiger charge is 2.23. The molecule has 1 amide bonds. The third-order valence-corrected chi connectivity index (χ3v) is 5.87. The molecule has 1 N–H and O–H groups in total. The number of carbonyl (C=O) groups excluding carboxylic acids is 1.